The van der Waals surface area contributed by atoms with Gasteiger partial charge in [0.1, 0.15) is 18.2 Å². The van der Waals surface area contributed by atoms with E-state index in [1.165, 1.54) is 31.3 Å². The third-order valence-corrected chi connectivity index (χ3v) is 5.97. The van der Waals surface area contributed by atoms with Gasteiger partial charge in [-0.1, -0.05) is 36.4 Å². The molecule has 34 heavy (non-hydrogen) atoms. The van der Waals surface area contributed by atoms with Crippen LogP contribution in [0.15, 0.2) is 60.7 Å². The molecule has 0 spiro atoms. The molecule has 6 atom stereocenters. The van der Waals surface area contributed by atoms with Gasteiger partial charge in [-0.05, 0) is 24.3 Å². The lowest BCUT2D eigenvalue weighted by Gasteiger charge is -2.49. The van der Waals surface area contributed by atoms with Gasteiger partial charge in [-0.3, -0.25) is 9.69 Å². The van der Waals surface area contributed by atoms with E-state index >= 15 is 0 Å². The predicted octanol–water partition coefficient (Wildman–Crippen LogP) is 1.69. The van der Waals surface area contributed by atoms with Crippen molar-refractivity contribution >= 4 is 27.1 Å². The quantitative estimate of drug-likeness (QED) is 0.446. The maximum atomic E-state index is 14.2. The molecule has 1 aliphatic rings. The molecule has 1 aliphatic heterocycles. The van der Waals surface area contributed by atoms with Gasteiger partial charge in [0.25, 0.3) is 6.43 Å². The normalized spacial score (nSPS) is 24.9. The van der Waals surface area contributed by atoms with Crippen LogP contribution in [0.25, 0.3) is 0 Å². The van der Waals surface area contributed by atoms with Crippen molar-refractivity contribution in [3.63, 3.8) is 0 Å². The highest BCUT2D eigenvalue weighted by Gasteiger charge is 2.57. The van der Waals surface area contributed by atoms with Crippen molar-refractivity contribution in [3.8, 4) is 0 Å². The van der Waals surface area contributed by atoms with E-state index in [0.717, 1.165) is 4.90 Å². The van der Waals surface area contributed by atoms with Crippen LogP contribution in [0.5, 0.6) is 0 Å². The van der Waals surface area contributed by atoms with Crippen LogP contribution in [0.4, 0.5) is 8.78 Å². The van der Waals surface area contributed by atoms with Crippen LogP contribution in [0.2, 0.25) is 0 Å². The molecule has 3 rings (SSSR count). The summed E-state index contributed by atoms with van der Waals surface area (Å²) in [5, 5.41) is 13.4. The summed E-state index contributed by atoms with van der Waals surface area (Å²) in [4.78, 5) is 39.1. The fourth-order valence-electron chi connectivity index (χ4n) is 3.92. The Kier molecular flexibility index (Phi) is 8.66. The number of aliphatic hydroxyl groups is 1. The number of nitrogens with one attached hydrogen (secondary N) is 1. The van der Waals surface area contributed by atoms with Crippen molar-refractivity contribution in [2.75, 3.05) is 13.3 Å². The fourth-order valence-corrected chi connectivity index (χ4v) is 4.39. The maximum Gasteiger partial charge on any atom is 0.338 e. The number of halogens is 2. The zero-order valence-corrected chi connectivity index (χ0v) is 19.4. The highest BCUT2D eigenvalue weighted by atomic mass is 31.0. The van der Waals surface area contributed by atoms with Gasteiger partial charge in [0.2, 0.25) is 5.91 Å². The first-order valence-corrected chi connectivity index (χ1v) is 11.3. The molecule has 0 aliphatic carbocycles. The van der Waals surface area contributed by atoms with E-state index in [-0.39, 0.29) is 17.4 Å². The molecule has 1 heterocycles. The number of alkyl halides is 2. The molecule has 8 nitrogen and oxygen atoms in total. The number of ether oxygens (including phenoxy) is 2. The monoisotopic (exact) mass is 494 g/mol. The van der Waals surface area contributed by atoms with Gasteiger partial charge in [0.05, 0.1) is 11.1 Å². The minimum absolute atomic E-state index is 0.0893. The van der Waals surface area contributed by atoms with Crippen LogP contribution in [0.1, 0.15) is 20.7 Å². The van der Waals surface area contributed by atoms with Gasteiger partial charge >= 0.3 is 11.9 Å². The van der Waals surface area contributed by atoms with Crippen LogP contribution in [0.3, 0.4) is 0 Å². The first kappa shape index (κ1) is 25.7. The molecule has 0 saturated carbocycles. The molecular formula is C23H25F2N2O6P. The van der Waals surface area contributed by atoms with Crippen molar-refractivity contribution in [2.45, 2.75) is 36.8 Å². The zero-order chi connectivity index (χ0) is 24.8. The van der Waals surface area contributed by atoms with E-state index in [0.29, 0.717) is 0 Å². The molecule has 11 heteroatoms. The van der Waals surface area contributed by atoms with Crippen molar-refractivity contribution in [1.82, 2.24) is 10.2 Å². The molecule has 1 amide bonds. The topological polar surface area (TPSA) is 105 Å². The van der Waals surface area contributed by atoms with E-state index < -0.39 is 54.7 Å². The number of hydrogen-bond donors (Lipinski definition) is 2. The number of esters is 2. The number of likely N-dealkylation sites (N-methyl/N-ethyl adjacent to an activating group) is 1. The first-order valence-electron chi connectivity index (χ1n) is 10.5. The zero-order valence-electron chi connectivity index (χ0n) is 18.2. The van der Waals surface area contributed by atoms with Crippen LogP contribution in [-0.4, -0.2) is 78.0 Å². The smallest absolute Gasteiger partial charge is 0.338 e. The summed E-state index contributed by atoms with van der Waals surface area (Å²) in [6.07, 6.45) is -8.55. The van der Waals surface area contributed by atoms with Gasteiger partial charge in [0, 0.05) is 13.3 Å². The predicted molar refractivity (Wildman–Crippen MR) is 121 cm³/mol. The van der Waals surface area contributed by atoms with Crippen LogP contribution < -0.4 is 5.32 Å². The molecular weight excluding hydrogens is 469 g/mol. The maximum absolute atomic E-state index is 14.2. The summed E-state index contributed by atoms with van der Waals surface area (Å²) in [6.45, 7) is 0. The second-order valence-electron chi connectivity index (χ2n) is 7.54. The van der Waals surface area contributed by atoms with Crippen molar-refractivity contribution in [3.05, 3.63) is 71.8 Å². The van der Waals surface area contributed by atoms with Crippen molar-refractivity contribution in [1.29, 1.82) is 0 Å². The number of hydrogen-bond acceptors (Lipinski definition) is 7. The van der Waals surface area contributed by atoms with E-state index in [1.54, 1.807) is 36.4 Å². The lowest BCUT2D eigenvalue weighted by molar-refractivity contribution is -0.190. The Morgan fingerprint density at radius 1 is 0.971 bits per heavy atom. The second-order valence-corrected chi connectivity index (χ2v) is 7.91. The molecule has 1 unspecified atom stereocenters. The summed E-state index contributed by atoms with van der Waals surface area (Å²) in [5.74, 6) is -2.55. The molecule has 1 fully saturated rings. The number of likely N-dealkylation sites (tertiary alicyclic amines) is 1. The van der Waals surface area contributed by atoms with Gasteiger partial charge in [-0.2, -0.15) is 0 Å². The highest BCUT2D eigenvalue weighted by molar-refractivity contribution is 7.16. The molecule has 2 aromatic carbocycles. The number of benzene rings is 2. The van der Waals surface area contributed by atoms with Gasteiger partial charge in [-0.15, -0.1) is 9.24 Å². The van der Waals surface area contributed by atoms with E-state index in [4.69, 9.17) is 9.47 Å². The summed E-state index contributed by atoms with van der Waals surface area (Å²) in [5.41, 5.74) is 0.225. The summed E-state index contributed by atoms with van der Waals surface area (Å²) in [7, 11) is 3.53. The van der Waals surface area contributed by atoms with Gasteiger partial charge in [0.15, 0.2) is 12.2 Å². The molecule has 2 N–H and O–H groups in total. The number of carbonyl (C=O) groups excluding carboxylic acids is 3. The summed E-state index contributed by atoms with van der Waals surface area (Å²) < 4.78 is 39.3. The average Bonchev–Trinajstić information content (AvgIpc) is 2.86. The first-order chi connectivity index (χ1) is 16.3. The molecule has 0 radical (unpaired) electrons. The SMILES string of the molecule is CNC(=O)[C@@H]1[C@@H](OC(=O)c2ccccc2)[C@@H](O)[C@H](OC(=O)c2ccccc2)[C@@H](C(F)F)N1CP. The molecule has 2 aromatic rings. The van der Waals surface area contributed by atoms with Crippen LogP contribution in [0, 0.1) is 0 Å². The Morgan fingerprint density at radius 3 is 1.85 bits per heavy atom. The Morgan fingerprint density at radius 2 is 1.44 bits per heavy atom. The third-order valence-electron chi connectivity index (χ3n) is 5.55. The largest absolute Gasteiger partial charge is 0.454 e. The Bertz CT molecular complexity index is 997. The third kappa shape index (κ3) is 5.41. The van der Waals surface area contributed by atoms with Gasteiger partial charge in [-0.25, -0.2) is 18.4 Å². The number of nitrogens with zero attached hydrogens (tertiary/aromatic N) is 1. The van der Waals surface area contributed by atoms with Crippen molar-refractivity contribution < 1.29 is 37.7 Å². The lowest BCUT2D eigenvalue weighted by atomic mass is 9.87. The number of carbonyl (C=O) groups is 3. The van der Waals surface area contributed by atoms with E-state index in [2.05, 4.69) is 14.6 Å². The highest BCUT2D eigenvalue weighted by Crippen LogP contribution is 2.33. The lowest BCUT2D eigenvalue weighted by Crippen LogP contribution is -2.72. The molecule has 0 aromatic heterocycles. The van der Waals surface area contributed by atoms with E-state index in [9.17, 15) is 28.3 Å². The fraction of sp³-hybridized carbons (Fsp3) is 0.348. The number of amides is 1. The van der Waals surface area contributed by atoms with Crippen LogP contribution >= 0.6 is 9.24 Å². The minimum Gasteiger partial charge on any atom is -0.454 e. The van der Waals surface area contributed by atoms with Crippen molar-refractivity contribution in [2.24, 2.45) is 0 Å². The van der Waals surface area contributed by atoms with Crippen LogP contribution in [-0.2, 0) is 14.3 Å². The molecule has 0 bridgehead atoms. The number of rotatable bonds is 7. The van der Waals surface area contributed by atoms with E-state index in [1.807, 2.05) is 0 Å². The molecule has 182 valence electrons. The average molecular weight is 494 g/mol. The summed E-state index contributed by atoms with van der Waals surface area (Å²) >= 11 is 0. The number of aliphatic hydroxyl groups excluding tert-OH is 1. The summed E-state index contributed by atoms with van der Waals surface area (Å²) in [6, 6.07) is 12.2. The Hall–Kier alpha value is -2.94. The van der Waals surface area contributed by atoms with Gasteiger partial charge < -0.3 is 19.9 Å². The molecule has 1 saturated heterocycles. The minimum atomic E-state index is -3.10. The second kappa shape index (κ2) is 11.5. The standard InChI is InChI=1S/C23H25F2N2O6P/c1-26-21(29)16-19(33-23(31)14-10-6-3-7-11-14)17(28)18(15(20(24)25)27(16)12-34)32-22(30)13-8-4-2-5-9-13/h2-11,15-20,28H,12,34H2,1H3,(H,26,29)/t15-,16-,17-,18+,19+/m0/s1. The number of piperidine rings is 1. The Balaban J connectivity index is 2.00. The Labute approximate surface area is 197 Å².